The largest absolute Gasteiger partial charge is 0.346 e. The van der Waals surface area contributed by atoms with Crippen LogP contribution in [0.15, 0.2) is 17.6 Å². The smallest absolute Gasteiger partial charge is 0.264 e. The Morgan fingerprint density at radius 2 is 2.35 bits per heavy atom. The van der Waals surface area contributed by atoms with Crippen molar-refractivity contribution >= 4 is 17.2 Å². The fraction of sp³-hybridized carbons (Fsp3) is 0.467. The van der Waals surface area contributed by atoms with E-state index in [2.05, 4.69) is 9.97 Å². The van der Waals surface area contributed by atoms with Gasteiger partial charge in [-0.15, -0.1) is 11.3 Å². The molecule has 0 aliphatic carbocycles. The number of carbonyl (C=O) groups excluding carboxylic acids is 1. The molecule has 1 atom stereocenters. The van der Waals surface area contributed by atoms with E-state index in [-0.39, 0.29) is 5.91 Å². The second-order valence-electron chi connectivity index (χ2n) is 5.47. The SMILES string of the molecule is Cc1cnc([C@@H]2CCCN(C(=O)c3sccc3C)C2)[nH]1. The quantitative estimate of drug-likeness (QED) is 0.923. The van der Waals surface area contributed by atoms with E-state index in [0.29, 0.717) is 5.92 Å². The lowest BCUT2D eigenvalue weighted by Crippen LogP contribution is -2.39. The number of carbonyl (C=O) groups is 1. The van der Waals surface area contributed by atoms with E-state index in [1.165, 1.54) is 11.3 Å². The Hall–Kier alpha value is -1.62. The monoisotopic (exact) mass is 289 g/mol. The zero-order valence-corrected chi connectivity index (χ0v) is 12.7. The third-order valence-corrected chi connectivity index (χ3v) is 4.88. The third kappa shape index (κ3) is 2.50. The highest BCUT2D eigenvalue weighted by atomic mass is 32.1. The number of hydrogen-bond donors (Lipinski definition) is 1. The van der Waals surface area contributed by atoms with Crippen LogP contribution < -0.4 is 0 Å². The van der Waals surface area contributed by atoms with Crippen LogP contribution in [0.4, 0.5) is 0 Å². The number of rotatable bonds is 2. The van der Waals surface area contributed by atoms with Crippen LogP contribution in [-0.4, -0.2) is 33.9 Å². The second kappa shape index (κ2) is 5.40. The van der Waals surface area contributed by atoms with Gasteiger partial charge in [0, 0.05) is 30.9 Å². The minimum absolute atomic E-state index is 0.172. The Morgan fingerprint density at radius 1 is 1.50 bits per heavy atom. The van der Waals surface area contributed by atoms with E-state index in [4.69, 9.17) is 0 Å². The number of H-pyrrole nitrogens is 1. The lowest BCUT2D eigenvalue weighted by Gasteiger charge is -2.31. The van der Waals surface area contributed by atoms with E-state index in [9.17, 15) is 4.79 Å². The van der Waals surface area contributed by atoms with Gasteiger partial charge in [0.1, 0.15) is 5.82 Å². The number of imidazole rings is 1. The van der Waals surface area contributed by atoms with Crippen molar-refractivity contribution in [3.8, 4) is 0 Å². The Bertz CT molecular complexity index is 616. The maximum absolute atomic E-state index is 12.6. The number of nitrogens with one attached hydrogen (secondary N) is 1. The van der Waals surface area contributed by atoms with Crippen molar-refractivity contribution in [1.82, 2.24) is 14.9 Å². The van der Waals surface area contributed by atoms with Gasteiger partial charge >= 0.3 is 0 Å². The van der Waals surface area contributed by atoms with Crippen molar-refractivity contribution in [2.45, 2.75) is 32.6 Å². The van der Waals surface area contributed by atoms with E-state index in [1.807, 2.05) is 36.4 Å². The first-order valence-corrected chi connectivity index (χ1v) is 7.88. The number of aryl methyl sites for hydroxylation is 2. The molecule has 0 bridgehead atoms. The molecule has 0 radical (unpaired) electrons. The molecule has 2 aromatic rings. The van der Waals surface area contributed by atoms with Gasteiger partial charge in [0.25, 0.3) is 5.91 Å². The summed E-state index contributed by atoms with van der Waals surface area (Å²) in [5.41, 5.74) is 2.16. The minimum Gasteiger partial charge on any atom is -0.346 e. The maximum Gasteiger partial charge on any atom is 0.264 e. The van der Waals surface area contributed by atoms with E-state index in [0.717, 1.165) is 47.9 Å². The normalized spacial score (nSPS) is 19.3. The zero-order chi connectivity index (χ0) is 14.1. The average Bonchev–Trinajstić information content (AvgIpc) is 3.07. The number of aromatic nitrogens is 2. The van der Waals surface area contributed by atoms with Gasteiger partial charge in [0.2, 0.25) is 0 Å². The Morgan fingerprint density at radius 3 is 3.00 bits per heavy atom. The van der Waals surface area contributed by atoms with Crippen LogP contribution in [0.25, 0.3) is 0 Å². The van der Waals surface area contributed by atoms with Crippen LogP contribution in [-0.2, 0) is 0 Å². The van der Waals surface area contributed by atoms with Gasteiger partial charge in [-0.1, -0.05) is 0 Å². The summed E-state index contributed by atoms with van der Waals surface area (Å²) >= 11 is 1.54. The number of amides is 1. The highest BCUT2D eigenvalue weighted by Gasteiger charge is 2.28. The summed E-state index contributed by atoms with van der Waals surface area (Å²) < 4.78 is 0. The van der Waals surface area contributed by atoms with Gasteiger partial charge in [-0.3, -0.25) is 4.79 Å². The average molecular weight is 289 g/mol. The number of piperidine rings is 1. The predicted molar refractivity (Wildman–Crippen MR) is 80.3 cm³/mol. The highest BCUT2D eigenvalue weighted by molar-refractivity contribution is 7.12. The molecule has 20 heavy (non-hydrogen) atoms. The Balaban J connectivity index is 1.75. The lowest BCUT2D eigenvalue weighted by atomic mass is 9.97. The van der Waals surface area contributed by atoms with Crippen LogP contribution in [0, 0.1) is 13.8 Å². The fourth-order valence-electron chi connectivity index (χ4n) is 2.76. The van der Waals surface area contributed by atoms with Crippen molar-refractivity contribution < 1.29 is 4.79 Å². The highest BCUT2D eigenvalue weighted by Crippen LogP contribution is 2.27. The summed E-state index contributed by atoms with van der Waals surface area (Å²) in [4.78, 5) is 23.2. The molecule has 0 spiro atoms. The van der Waals surface area contributed by atoms with Gasteiger partial charge in [0.15, 0.2) is 0 Å². The van der Waals surface area contributed by atoms with Crippen molar-refractivity contribution in [3.05, 3.63) is 39.6 Å². The first kappa shape index (κ1) is 13.4. The molecule has 1 aliphatic heterocycles. The molecule has 1 fully saturated rings. The molecule has 106 valence electrons. The van der Waals surface area contributed by atoms with Crippen LogP contribution in [0.2, 0.25) is 0 Å². The second-order valence-corrected chi connectivity index (χ2v) is 6.39. The third-order valence-electron chi connectivity index (χ3n) is 3.87. The van der Waals surface area contributed by atoms with Gasteiger partial charge in [-0.2, -0.15) is 0 Å². The topological polar surface area (TPSA) is 49.0 Å². The van der Waals surface area contributed by atoms with Crippen molar-refractivity contribution in [2.75, 3.05) is 13.1 Å². The molecule has 0 unspecified atom stereocenters. The Labute approximate surface area is 122 Å². The Kier molecular flexibility index (Phi) is 3.61. The number of thiophene rings is 1. The van der Waals surface area contributed by atoms with E-state index >= 15 is 0 Å². The molecule has 0 saturated carbocycles. The first-order valence-electron chi connectivity index (χ1n) is 7.00. The molecule has 2 aromatic heterocycles. The lowest BCUT2D eigenvalue weighted by molar-refractivity contribution is 0.0709. The molecule has 3 heterocycles. The molecule has 3 rings (SSSR count). The summed E-state index contributed by atoms with van der Waals surface area (Å²) in [6, 6.07) is 2.01. The van der Waals surface area contributed by atoms with Crippen LogP contribution in [0.3, 0.4) is 0 Å². The summed E-state index contributed by atoms with van der Waals surface area (Å²) in [7, 11) is 0. The predicted octanol–water partition coefficient (Wildman–Crippen LogP) is 3.11. The molecule has 0 aromatic carbocycles. The standard InChI is InChI=1S/C15H19N3OS/c1-10-5-7-20-13(10)15(19)18-6-3-4-12(9-18)14-16-8-11(2)17-14/h5,7-8,12H,3-4,6,9H2,1-2H3,(H,16,17)/t12-/m1/s1. The van der Waals surface area contributed by atoms with Crippen molar-refractivity contribution in [1.29, 1.82) is 0 Å². The van der Waals surface area contributed by atoms with Gasteiger partial charge in [-0.25, -0.2) is 4.98 Å². The fourth-order valence-corrected chi connectivity index (χ4v) is 3.65. The summed E-state index contributed by atoms with van der Waals surface area (Å²) in [6.07, 6.45) is 4.00. The minimum atomic E-state index is 0.172. The summed E-state index contributed by atoms with van der Waals surface area (Å²) in [6.45, 7) is 5.63. The van der Waals surface area contributed by atoms with Crippen LogP contribution in [0.5, 0.6) is 0 Å². The van der Waals surface area contributed by atoms with Crippen LogP contribution in [0.1, 0.15) is 45.5 Å². The molecule has 1 N–H and O–H groups in total. The maximum atomic E-state index is 12.6. The number of likely N-dealkylation sites (tertiary alicyclic amines) is 1. The van der Waals surface area contributed by atoms with Gasteiger partial charge < -0.3 is 9.88 Å². The van der Waals surface area contributed by atoms with E-state index in [1.54, 1.807) is 0 Å². The van der Waals surface area contributed by atoms with Crippen molar-refractivity contribution in [3.63, 3.8) is 0 Å². The number of aromatic amines is 1. The van der Waals surface area contributed by atoms with Gasteiger partial charge in [0.05, 0.1) is 4.88 Å². The number of nitrogens with zero attached hydrogens (tertiary/aromatic N) is 2. The van der Waals surface area contributed by atoms with Crippen molar-refractivity contribution in [2.24, 2.45) is 0 Å². The molecule has 1 saturated heterocycles. The van der Waals surface area contributed by atoms with Crippen LogP contribution >= 0.6 is 11.3 Å². The first-order chi connectivity index (χ1) is 9.65. The molecular weight excluding hydrogens is 270 g/mol. The summed E-state index contributed by atoms with van der Waals surface area (Å²) in [5, 5.41) is 1.99. The molecule has 4 nitrogen and oxygen atoms in total. The molecule has 1 aliphatic rings. The number of hydrogen-bond acceptors (Lipinski definition) is 3. The summed E-state index contributed by atoms with van der Waals surface area (Å²) in [5.74, 6) is 1.52. The van der Waals surface area contributed by atoms with Gasteiger partial charge in [-0.05, 0) is 43.7 Å². The van der Waals surface area contributed by atoms with E-state index < -0.39 is 0 Å². The molecule has 5 heteroatoms. The zero-order valence-electron chi connectivity index (χ0n) is 11.8. The molecule has 1 amide bonds. The molecular formula is C15H19N3OS.